The summed E-state index contributed by atoms with van der Waals surface area (Å²) in [5.41, 5.74) is 6.14. The largest absolute Gasteiger partial charge is 0.368 e. The lowest BCUT2D eigenvalue weighted by molar-refractivity contribution is -0.118. The Morgan fingerprint density at radius 2 is 2.29 bits per heavy atom. The van der Waals surface area contributed by atoms with Crippen LogP contribution in [0.3, 0.4) is 0 Å². The summed E-state index contributed by atoms with van der Waals surface area (Å²) in [6.07, 6.45) is 2.84. The van der Waals surface area contributed by atoms with E-state index in [2.05, 4.69) is 18.8 Å². The van der Waals surface area contributed by atoms with Crippen molar-refractivity contribution < 1.29 is 4.79 Å². The van der Waals surface area contributed by atoms with Crippen LogP contribution in [0.4, 0.5) is 0 Å². The van der Waals surface area contributed by atoms with Gasteiger partial charge in [0, 0.05) is 6.20 Å². The van der Waals surface area contributed by atoms with Gasteiger partial charge in [0.2, 0.25) is 5.91 Å². The number of carbonyl (C=O) groups is 1. The molecule has 0 spiro atoms. The zero-order chi connectivity index (χ0) is 10.7. The molecule has 0 radical (unpaired) electrons. The fourth-order valence-corrected chi connectivity index (χ4v) is 1.42. The molecule has 4 nitrogen and oxygen atoms in total. The lowest BCUT2D eigenvalue weighted by atomic mass is 10.1. The Balaban J connectivity index is 2.76. The Kier molecular flexibility index (Phi) is 3.28. The molecule has 0 atom stereocenters. The number of nitrogens with zero attached hydrogens (tertiary/aromatic N) is 2. The summed E-state index contributed by atoms with van der Waals surface area (Å²) < 4.78 is 1.79. The van der Waals surface area contributed by atoms with Gasteiger partial charge >= 0.3 is 0 Å². The van der Waals surface area contributed by atoms with Crippen LogP contribution < -0.4 is 5.73 Å². The minimum atomic E-state index is -0.332. The summed E-state index contributed by atoms with van der Waals surface area (Å²) in [4.78, 5) is 15.1. The average molecular weight is 195 g/mol. The molecule has 0 bridgehead atoms. The van der Waals surface area contributed by atoms with Gasteiger partial charge < -0.3 is 10.3 Å². The first-order chi connectivity index (χ1) is 6.49. The van der Waals surface area contributed by atoms with E-state index >= 15 is 0 Å². The second-order valence-electron chi connectivity index (χ2n) is 3.97. The number of rotatable bonds is 4. The molecule has 2 N–H and O–H groups in total. The van der Waals surface area contributed by atoms with Crippen molar-refractivity contribution in [3.05, 3.63) is 17.7 Å². The topological polar surface area (TPSA) is 60.9 Å². The van der Waals surface area contributed by atoms with Gasteiger partial charge in [-0.2, -0.15) is 0 Å². The highest BCUT2D eigenvalue weighted by Gasteiger charge is 2.07. The van der Waals surface area contributed by atoms with Crippen LogP contribution in [0.15, 0.2) is 6.20 Å². The van der Waals surface area contributed by atoms with E-state index in [0.29, 0.717) is 5.92 Å². The number of hydrogen-bond acceptors (Lipinski definition) is 2. The zero-order valence-electron chi connectivity index (χ0n) is 8.95. The van der Waals surface area contributed by atoms with Gasteiger partial charge in [0.15, 0.2) is 0 Å². The highest BCUT2D eigenvalue weighted by molar-refractivity contribution is 5.73. The van der Waals surface area contributed by atoms with Gasteiger partial charge in [-0.3, -0.25) is 4.79 Å². The fourth-order valence-electron chi connectivity index (χ4n) is 1.42. The second-order valence-corrected chi connectivity index (χ2v) is 3.97. The summed E-state index contributed by atoms with van der Waals surface area (Å²) in [5, 5.41) is 0. The quantitative estimate of drug-likeness (QED) is 0.775. The predicted molar refractivity (Wildman–Crippen MR) is 54.7 cm³/mol. The normalized spacial score (nSPS) is 10.9. The molecule has 0 aliphatic rings. The maximum absolute atomic E-state index is 10.7. The monoisotopic (exact) mass is 195 g/mol. The highest BCUT2D eigenvalue weighted by atomic mass is 16.1. The maximum atomic E-state index is 10.7. The number of amides is 1. The first-order valence-corrected chi connectivity index (χ1v) is 4.80. The minimum absolute atomic E-state index is 0.219. The number of primary amides is 1. The molecule has 4 heteroatoms. The van der Waals surface area contributed by atoms with Crippen LogP contribution in [-0.2, 0) is 17.8 Å². The van der Waals surface area contributed by atoms with Crippen LogP contribution in [0.1, 0.15) is 25.4 Å². The van der Waals surface area contributed by atoms with Crippen LogP contribution in [0.5, 0.6) is 0 Å². The number of carbonyl (C=O) groups excluding carboxylic acids is 1. The third-order valence-corrected chi connectivity index (χ3v) is 1.97. The average Bonchev–Trinajstić information content (AvgIpc) is 2.28. The maximum Gasteiger partial charge on any atom is 0.237 e. The van der Waals surface area contributed by atoms with Gasteiger partial charge in [0.25, 0.3) is 0 Å². The first kappa shape index (κ1) is 10.8. The standard InChI is InChI=1S/C10H17N3O/c1-7(2)4-9-5-13(6-10(11)14)8(3)12-9/h5,7H,4,6H2,1-3H3,(H2,11,14). The van der Waals surface area contributed by atoms with Crippen LogP contribution in [0.2, 0.25) is 0 Å². The molecule has 0 saturated carbocycles. The third-order valence-electron chi connectivity index (χ3n) is 1.97. The SMILES string of the molecule is Cc1nc(CC(C)C)cn1CC(N)=O. The third kappa shape index (κ3) is 2.87. The molecule has 0 saturated heterocycles. The van der Waals surface area contributed by atoms with Gasteiger partial charge in [-0.15, -0.1) is 0 Å². The molecule has 1 aromatic rings. The highest BCUT2D eigenvalue weighted by Crippen LogP contribution is 2.08. The molecular formula is C10H17N3O. The minimum Gasteiger partial charge on any atom is -0.368 e. The van der Waals surface area contributed by atoms with Crippen molar-refractivity contribution in [1.82, 2.24) is 9.55 Å². The molecule has 14 heavy (non-hydrogen) atoms. The van der Waals surface area contributed by atoms with E-state index in [0.717, 1.165) is 17.9 Å². The van der Waals surface area contributed by atoms with Crippen molar-refractivity contribution in [2.45, 2.75) is 33.7 Å². The van der Waals surface area contributed by atoms with E-state index in [9.17, 15) is 4.79 Å². The van der Waals surface area contributed by atoms with Crippen molar-refractivity contribution in [3.63, 3.8) is 0 Å². The van der Waals surface area contributed by atoms with Crippen molar-refractivity contribution in [3.8, 4) is 0 Å². The molecule has 0 aliphatic heterocycles. The molecule has 1 aromatic heterocycles. The van der Waals surface area contributed by atoms with Crippen molar-refractivity contribution in [2.75, 3.05) is 0 Å². The van der Waals surface area contributed by atoms with Crippen LogP contribution >= 0.6 is 0 Å². The van der Waals surface area contributed by atoms with Gasteiger partial charge in [0.1, 0.15) is 12.4 Å². The lowest BCUT2D eigenvalue weighted by Crippen LogP contribution is -2.18. The van der Waals surface area contributed by atoms with E-state index in [-0.39, 0.29) is 12.5 Å². The summed E-state index contributed by atoms with van der Waals surface area (Å²) in [7, 11) is 0. The molecule has 1 heterocycles. The fraction of sp³-hybridized carbons (Fsp3) is 0.600. The number of aromatic nitrogens is 2. The smallest absolute Gasteiger partial charge is 0.237 e. The van der Waals surface area contributed by atoms with E-state index in [1.807, 2.05) is 13.1 Å². The number of nitrogens with two attached hydrogens (primary N) is 1. The Labute approximate surface area is 84.1 Å². The summed E-state index contributed by atoms with van der Waals surface area (Å²) in [5.74, 6) is 1.09. The number of aryl methyl sites for hydroxylation is 1. The summed E-state index contributed by atoms with van der Waals surface area (Å²) in [6, 6.07) is 0. The number of imidazole rings is 1. The molecule has 1 rings (SSSR count). The Morgan fingerprint density at radius 1 is 1.64 bits per heavy atom. The molecule has 1 amide bonds. The van der Waals surface area contributed by atoms with Gasteiger partial charge in [-0.05, 0) is 19.3 Å². The molecule has 0 aliphatic carbocycles. The van der Waals surface area contributed by atoms with Crippen molar-refractivity contribution in [1.29, 1.82) is 0 Å². The van der Waals surface area contributed by atoms with Crippen LogP contribution in [0.25, 0.3) is 0 Å². The predicted octanol–water partition coefficient (Wildman–Crippen LogP) is 0.875. The van der Waals surface area contributed by atoms with Gasteiger partial charge in [0.05, 0.1) is 5.69 Å². The van der Waals surface area contributed by atoms with Crippen molar-refractivity contribution >= 4 is 5.91 Å². The van der Waals surface area contributed by atoms with E-state index in [4.69, 9.17) is 5.73 Å². The molecule has 0 aromatic carbocycles. The Morgan fingerprint density at radius 3 is 2.79 bits per heavy atom. The second kappa shape index (κ2) is 4.26. The van der Waals surface area contributed by atoms with E-state index < -0.39 is 0 Å². The van der Waals surface area contributed by atoms with E-state index in [1.54, 1.807) is 4.57 Å². The summed E-state index contributed by atoms with van der Waals surface area (Å²) >= 11 is 0. The first-order valence-electron chi connectivity index (χ1n) is 4.80. The Hall–Kier alpha value is -1.32. The molecular weight excluding hydrogens is 178 g/mol. The summed E-state index contributed by atoms with van der Waals surface area (Å²) in [6.45, 7) is 6.38. The molecule has 0 unspecified atom stereocenters. The van der Waals surface area contributed by atoms with E-state index in [1.165, 1.54) is 0 Å². The number of hydrogen-bond donors (Lipinski definition) is 1. The van der Waals surface area contributed by atoms with Gasteiger partial charge in [-0.25, -0.2) is 4.98 Å². The van der Waals surface area contributed by atoms with Crippen LogP contribution in [-0.4, -0.2) is 15.5 Å². The molecule has 78 valence electrons. The molecule has 0 fully saturated rings. The Bertz CT molecular complexity index is 328. The van der Waals surface area contributed by atoms with Gasteiger partial charge in [-0.1, -0.05) is 13.8 Å². The van der Waals surface area contributed by atoms with Crippen LogP contribution in [0, 0.1) is 12.8 Å². The lowest BCUT2D eigenvalue weighted by Gasteiger charge is -1.99. The zero-order valence-corrected chi connectivity index (χ0v) is 8.95. The van der Waals surface area contributed by atoms with Crippen molar-refractivity contribution in [2.24, 2.45) is 11.7 Å².